The normalized spacial score (nSPS) is 10.7. The van der Waals surface area contributed by atoms with Crippen LogP contribution in [0.1, 0.15) is 27.3 Å². The third-order valence-electron chi connectivity index (χ3n) is 3.97. The van der Waals surface area contributed by atoms with E-state index in [1.807, 2.05) is 49.0 Å². The van der Waals surface area contributed by atoms with Crippen LogP contribution < -0.4 is 10.6 Å². The molecule has 0 aliphatic carbocycles. The smallest absolute Gasteiger partial charge is 0.261 e. The van der Waals surface area contributed by atoms with Crippen LogP contribution in [0.5, 0.6) is 0 Å². The number of benzene rings is 1. The summed E-state index contributed by atoms with van der Waals surface area (Å²) in [7, 11) is 1.91. The minimum atomic E-state index is -0.0188. The number of aryl methyl sites for hydroxylation is 1. The number of amides is 1. The highest BCUT2D eigenvalue weighted by Crippen LogP contribution is 2.29. The molecule has 2 aromatic heterocycles. The van der Waals surface area contributed by atoms with Gasteiger partial charge in [0.2, 0.25) is 0 Å². The number of hydrogen-bond donors (Lipinski definition) is 2. The van der Waals surface area contributed by atoms with Gasteiger partial charge in [0.05, 0.1) is 17.1 Å². The van der Waals surface area contributed by atoms with Crippen molar-refractivity contribution < 1.29 is 4.79 Å². The van der Waals surface area contributed by atoms with Crippen LogP contribution >= 0.6 is 35.3 Å². The van der Waals surface area contributed by atoms with Gasteiger partial charge in [-0.2, -0.15) is 5.10 Å². The fourth-order valence-electron chi connectivity index (χ4n) is 2.65. The highest BCUT2D eigenvalue weighted by molar-refractivity contribution is 7.20. The molecule has 1 aromatic carbocycles. The molecule has 0 spiro atoms. The lowest BCUT2D eigenvalue weighted by atomic mass is 10.2. The van der Waals surface area contributed by atoms with E-state index < -0.39 is 0 Å². The summed E-state index contributed by atoms with van der Waals surface area (Å²) in [6.45, 7) is 4.19. The van der Waals surface area contributed by atoms with Crippen molar-refractivity contribution in [2.45, 2.75) is 19.9 Å². The lowest BCUT2D eigenvalue weighted by Crippen LogP contribution is -2.25. The first kappa shape index (κ1) is 20.7. The van der Waals surface area contributed by atoms with E-state index in [9.17, 15) is 4.79 Å². The van der Waals surface area contributed by atoms with E-state index >= 15 is 0 Å². The number of rotatable bonds is 7. The molecule has 0 radical (unpaired) electrons. The van der Waals surface area contributed by atoms with Gasteiger partial charge in [-0.1, -0.05) is 23.7 Å². The van der Waals surface area contributed by atoms with Crippen molar-refractivity contribution in [1.29, 1.82) is 0 Å². The van der Waals surface area contributed by atoms with Crippen LogP contribution in [0.25, 0.3) is 10.2 Å². The van der Waals surface area contributed by atoms with E-state index in [4.69, 9.17) is 11.6 Å². The maximum atomic E-state index is 12.3. The summed E-state index contributed by atoms with van der Waals surface area (Å²) in [5.74, 6) is -0.0188. The average Bonchev–Trinajstić information content (AvgIpc) is 3.15. The van der Waals surface area contributed by atoms with E-state index in [-0.39, 0.29) is 18.3 Å². The Morgan fingerprint density at radius 2 is 2.00 bits per heavy atom. The monoisotopic (exact) mass is 412 g/mol. The van der Waals surface area contributed by atoms with E-state index in [2.05, 4.69) is 15.7 Å². The molecule has 3 rings (SSSR count). The van der Waals surface area contributed by atoms with Gasteiger partial charge >= 0.3 is 0 Å². The minimum Gasteiger partial charge on any atom is -0.351 e. The predicted octanol–water partition coefficient (Wildman–Crippen LogP) is 3.87. The quantitative estimate of drug-likeness (QED) is 0.579. The SMILES string of the molecule is CNCCCNC(=O)c1cc2c(C)nn(Cc3ccc(Cl)cc3)c2s1.Cl. The van der Waals surface area contributed by atoms with Gasteiger partial charge in [-0.3, -0.25) is 9.48 Å². The number of fused-ring (bicyclic) bond motifs is 1. The van der Waals surface area contributed by atoms with Crippen LogP contribution in [0.2, 0.25) is 5.02 Å². The fourth-order valence-corrected chi connectivity index (χ4v) is 3.85. The molecular weight excluding hydrogens is 391 g/mol. The van der Waals surface area contributed by atoms with Gasteiger partial charge in [0.25, 0.3) is 5.91 Å². The van der Waals surface area contributed by atoms with Crippen molar-refractivity contribution >= 4 is 51.5 Å². The van der Waals surface area contributed by atoms with Gasteiger partial charge in [0.1, 0.15) is 4.83 Å². The van der Waals surface area contributed by atoms with Gasteiger partial charge in [0, 0.05) is 17.0 Å². The van der Waals surface area contributed by atoms with Gasteiger partial charge < -0.3 is 10.6 Å². The predicted molar refractivity (Wildman–Crippen MR) is 111 cm³/mol. The Kier molecular flexibility index (Phi) is 7.46. The Balaban J connectivity index is 0.00000243. The van der Waals surface area contributed by atoms with E-state index in [1.165, 1.54) is 11.3 Å². The summed E-state index contributed by atoms with van der Waals surface area (Å²) in [6.07, 6.45) is 0.913. The zero-order valence-corrected chi connectivity index (χ0v) is 17.1. The molecule has 26 heavy (non-hydrogen) atoms. The number of carbonyl (C=O) groups excluding carboxylic acids is 1. The fraction of sp³-hybridized carbons (Fsp3) is 0.333. The van der Waals surface area contributed by atoms with Crippen LogP contribution in [0.3, 0.4) is 0 Å². The largest absolute Gasteiger partial charge is 0.351 e. The lowest BCUT2D eigenvalue weighted by Gasteiger charge is -2.04. The van der Waals surface area contributed by atoms with Gasteiger partial charge in [-0.05, 0) is 50.7 Å². The summed E-state index contributed by atoms with van der Waals surface area (Å²) in [5, 5.41) is 12.4. The van der Waals surface area contributed by atoms with Crippen LogP contribution in [0, 0.1) is 6.92 Å². The summed E-state index contributed by atoms with van der Waals surface area (Å²) < 4.78 is 1.95. The summed E-state index contributed by atoms with van der Waals surface area (Å²) in [4.78, 5) is 14.1. The molecule has 1 amide bonds. The first-order valence-electron chi connectivity index (χ1n) is 8.22. The molecule has 0 atom stereocenters. The van der Waals surface area contributed by atoms with Crippen LogP contribution in [0.4, 0.5) is 0 Å². The second kappa shape index (κ2) is 9.37. The third-order valence-corrected chi connectivity index (χ3v) is 5.37. The second-order valence-corrected chi connectivity index (χ2v) is 7.38. The van der Waals surface area contributed by atoms with Crippen molar-refractivity contribution in [2.24, 2.45) is 0 Å². The third kappa shape index (κ3) is 4.76. The molecule has 0 bridgehead atoms. The Labute approximate surface area is 168 Å². The minimum absolute atomic E-state index is 0. The molecule has 3 aromatic rings. The van der Waals surface area contributed by atoms with Crippen molar-refractivity contribution in [2.75, 3.05) is 20.1 Å². The maximum absolute atomic E-state index is 12.3. The van der Waals surface area contributed by atoms with Crippen molar-refractivity contribution in [1.82, 2.24) is 20.4 Å². The molecule has 0 aliphatic heterocycles. The molecule has 0 aliphatic rings. The van der Waals surface area contributed by atoms with Gasteiger partial charge in [0.15, 0.2) is 0 Å². The van der Waals surface area contributed by atoms with Crippen LogP contribution in [-0.4, -0.2) is 35.8 Å². The van der Waals surface area contributed by atoms with Gasteiger partial charge in [-0.25, -0.2) is 0 Å². The van der Waals surface area contributed by atoms with Crippen molar-refractivity contribution in [3.05, 3.63) is 51.5 Å². The number of halogens is 2. The highest BCUT2D eigenvalue weighted by atomic mass is 35.5. The number of hydrogen-bond acceptors (Lipinski definition) is 4. The molecule has 0 fully saturated rings. The first-order valence-corrected chi connectivity index (χ1v) is 9.42. The molecule has 0 saturated heterocycles. The molecule has 2 N–H and O–H groups in total. The molecular formula is C18H22Cl2N4OS. The Bertz CT molecular complexity index is 873. The van der Waals surface area contributed by atoms with Crippen LogP contribution in [0.15, 0.2) is 30.3 Å². The number of thiophene rings is 1. The Hall–Kier alpha value is -1.60. The number of carbonyl (C=O) groups is 1. The first-order chi connectivity index (χ1) is 12.1. The van der Waals surface area contributed by atoms with E-state index in [1.54, 1.807) is 0 Å². The molecule has 8 heteroatoms. The topological polar surface area (TPSA) is 58.9 Å². The molecule has 0 unspecified atom stereocenters. The second-order valence-electron chi connectivity index (χ2n) is 5.91. The summed E-state index contributed by atoms with van der Waals surface area (Å²) in [5.41, 5.74) is 2.06. The number of aromatic nitrogens is 2. The van der Waals surface area contributed by atoms with Crippen LogP contribution in [-0.2, 0) is 6.54 Å². The molecule has 2 heterocycles. The molecule has 140 valence electrons. The van der Waals surface area contributed by atoms with Crippen molar-refractivity contribution in [3.8, 4) is 0 Å². The Morgan fingerprint density at radius 3 is 2.69 bits per heavy atom. The highest BCUT2D eigenvalue weighted by Gasteiger charge is 2.16. The molecule has 5 nitrogen and oxygen atoms in total. The standard InChI is InChI=1S/C18H21ClN4OS.ClH/c1-12-15-10-16(17(24)21-9-3-8-20-2)25-18(15)23(22-12)11-13-4-6-14(19)7-5-13;/h4-7,10,20H,3,8-9,11H2,1-2H3,(H,21,24);1H. The van der Waals surface area contributed by atoms with Crippen molar-refractivity contribution in [3.63, 3.8) is 0 Å². The van der Waals surface area contributed by atoms with E-state index in [0.29, 0.717) is 13.1 Å². The van der Waals surface area contributed by atoms with E-state index in [0.717, 1.165) is 44.3 Å². The zero-order valence-electron chi connectivity index (χ0n) is 14.7. The average molecular weight is 413 g/mol. The van der Waals surface area contributed by atoms with Gasteiger partial charge in [-0.15, -0.1) is 23.7 Å². The maximum Gasteiger partial charge on any atom is 0.261 e. The number of nitrogens with zero attached hydrogens (tertiary/aromatic N) is 2. The molecule has 0 saturated carbocycles. The summed E-state index contributed by atoms with van der Waals surface area (Å²) in [6, 6.07) is 9.68. The number of nitrogens with one attached hydrogen (secondary N) is 2. The summed E-state index contributed by atoms with van der Waals surface area (Å²) >= 11 is 7.43. The lowest BCUT2D eigenvalue weighted by molar-refractivity contribution is 0.0957. The zero-order chi connectivity index (χ0) is 17.8. The Morgan fingerprint density at radius 1 is 1.27 bits per heavy atom.